The first-order valence-corrected chi connectivity index (χ1v) is 8.78. The molecule has 22 heavy (non-hydrogen) atoms. The second kappa shape index (κ2) is 6.20. The Hall–Kier alpha value is -1.69. The molecule has 0 bridgehead atoms. The van der Waals surface area contributed by atoms with Crippen molar-refractivity contribution in [3.05, 3.63) is 66.2 Å². The van der Waals surface area contributed by atoms with E-state index >= 15 is 0 Å². The molecule has 0 spiro atoms. The third-order valence-electron chi connectivity index (χ3n) is 4.09. The van der Waals surface area contributed by atoms with Crippen LogP contribution in [0.2, 0.25) is 0 Å². The van der Waals surface area contributed by atoms with Gasteiger partial charge in [0.2, 0.25) is 10.0 Å². The molecule has 2 aromatic rings. The summed E-state index contributed by atoms with van der Waals surface area (Å²) in [5.74, 6) is -0.0686. The zero-order valence-electron chi connectivity index (χ0n) is 12.2. The molecule has 0 aliphatic carbocycles. The summed E-state index contributed by atoms with van der Waals surface area (Å²) in [7, 11) is -3.52. The van der Waals surface area contributed by atoms with Crippen molar-refractivity contribution in [2.45, 2.75) is 17.4 Å². The largest absolute Gasteiger partial charge is 0.391 e. The predicted octanol–water partition coefficient (Wildman–Crippen LogP) is 1.91. The first-order chi connectivity index (χ1) is 10.6. The number of β-amino-alcohol motifs (C(OH)–C–C–N with tert-alkyl or cyclic N) is 1. The summed E-state index contributed by atoms with van der Waals surface area (Å²) < 4.78 is 26.6. The lowest BCUT2D eigenvalue weighted by molar-refractivity contribution is 0.145. The SMILES string of the molecule is O=S(=O)(c1ccccc1)N1CC(O)C(Cc2ccccc2)C1. The number of hydrogen-bond acceptors (Lipinski definition) is 3. The van der Waals surface area contributed by atoms with E-state index in [0.29, 0.717) is 13.0 Å². The van der Waals surface area contributed by atoms with Gasteiger partial charge in [-0.05, 0) is 24.1 Å². The van der Waals surface area contributed by atoms with E-state index in [1.807, 2.05) is 30.3 Å². The number of nitrogens with zero attached hydrogens (tertiary/aromatic N) is 1. The molecular weight excluding hydrogens is 298 g/mol. The van der Waals surface area contributed by atoms with E-state index in [-0.39, 0.29) is 17.4 Å². The Labute approximate surface area is 131 Å². The molecule has 0 radical (unpaired) electrons. The van der Waals surface area contributed by atoms with Crippen LogP contribution in [0.15, 0.2) is 65.6 Å². The Bertz CT molecular complexity index is 716. The lowest BCUT2D eigenvalue weighted by atomic mass is 9.97. The number of sulfonamides is 1. The molecule has 0 amide bonds. The summed E-state index contributed by atoms with van der Waals surface area (Å²) >= 11 is 0. The van der Waals surface area contributed by atoms with Gasteiger partial charge in [0.25, 0.3) is 0 Å². The van der Waals surface area contributed by atoms with Crippen molar-refractivity contribution in [2.75, 3.05) is 13.1 Å². The molecule has 0 aromatic heterocycles. The zero-order chi connectivity index (χ0) is 15.6. The molecule has 5 heteroatoms. The third-order valence-corrected chi connectivity index (χ3v) is 5.94. The minimum atomic E-state index is -3.52. The van der Waals surface area contributed by atoms with E-state index in [9.17, 15) is 13.5 Å². The molecule has 116 valence electrons. The van der Waals surface area contributed by atoms with Gasteiger partial charge in [-0.15, -0.1) is 0 Å². The Balaban J connectivity index is 1.76. The van der Waals surface area contributed by atoms with Gasteiger partial charge in [-0.25, -0.2) is 8.42 Å². The molecule has 1 fully saturated rings. The quantitative estimate of drug-likeness (QED) is 0.937. The summed E-state index contributed by atoms with van der Waals surface area (Å²) in [5.41, 5.74) is 1.12. The van der Waals surface area contributed by atoms with E-state index < -0.39 is 16.1 Å². The van der Waals surface area contributed by atoms with Crippen LogP contribution in [0.1, 0.15) is 5.56 Å². The molecule has 1 aliphatic rings. The molecule has 0 saturated carbocycles. The van der Waals surface area contributed by atoms with Gasteiger partial charge in [0.05, 0.1) is 11.0 Å². The fourth-order valence-corrected chi connectivity index (χ4v) is 4.41. The molecule has 2 atom stereocenters. The first kappa shape index (κ1) is 15.2. The number of aliphatic hydroxyl groups excluding tert-OH is 1. The highest BCUT2D eigenvalue weighted by atomic mass is 32.2. The van der Waals surface area contributed by atoms with Crippen LogP contribution in [-0.2, 0) is 16.4 Å². The highest BCUT2D eigenvalue weighted by Gasteiger charge is 2.38. The standard InChI is InChI=1S/C17H19NO3S/c19-17-13-18(22(20,21)16-9-5-2-6-10-16)12-15(17)11-14-7-3-1-4-8-14/h1-10,15,17,19H,11-13H2. The number of rotatable bonds is 4. The second-order valence-corrected chi connectivity index (χ2v) is 7.59. The summed E-state index contributed by atoms with van der Waals surface area (Å²) in [6, 6.07) is 18.2. The topological polar surface area (TPSA) is 57.6 Å². The highest BCUT2D eigenvalue weighted by molar-refractivity contribution is 7.89. The number of benzene rings is 2. The van der Waals surface area contributed by atoms with Gasteiger partial charge in [-0.3, -0.25) is 0 Å². The van der Waals surface area contributed by atoms with E-state index in [1.54, 1.807) is 30.3 Å². The van der Waals surface area contributed by atoms with Crippen molar-refractivity contribution in [2.24, 2.45) is 5.92 Å². The van der Waals surface area contributed by atoms with Crippen LogP contribution in [0.3, 0.4) is 0 Å². The van der Waals surface area contributed by atoms with Gasteiger partial charge in [-0.1, -0.05) is 48.5 Å². The van der Waals surface area contributed by atoms with Crippen LogP contribution in [0.5, 0.6) is 0 Å². The Morgan fingerprint density at radius 3 is 2.18 bits per heavy atom. The normalized spacial score (nSPS) is 22.8. The fraction of sp³-hybridized carbons (Fsp3) is 0.294. The summed E-state index contributed by atoms with van der Waals surface area (Å²) in [6.07, 6.45) is 0.0571. The smallest absolute Gasteiger partial charge is 0.243 e. The van der Waals surface area contributed by atoms with Crippen molar-refractivity contribution in [3.63, 3.8) is 0 Å². The molecule has 1 N–H and O–H groups in total. The second-order valence-electron chi connectivity index (χ2n) is 5.65. The van der Waals surface area contributed by atoms with Gasteiger partial charge in [0, 0.05) is 19.0 Å². The average Bonchev–Trinajstić information content (AvgIpc) is 2.91. The van der Waals surface area contributed by atoms with Gasteiger partial charge >= 0.3 is 0 Å². The molecule has 3 rings (SSSR count). The van der Waals surface area contributed by atoms with E-state index in [1.165, 1.54) is 4.31 Å². The van der Waals surface area contributed by atoms with Gasteiger partial charge in [0.1, 0.15) is 0 Å². The van der Waals surface area contributed by atoms with Crippen molar-refractivity contribution < 1.29 is 13.5 Å². The highest BCUT2D eigenvalue weighted by Crippen LogP contribution is 2.26. The maximum Gasteiger partial charge on any atom is 0.243 e. The molecule has 1 saturated heterocycles. The fourth-order valence-electron chi connectivity index (χ4n) is 2.87. The van der Waals surface area contributed by atoms with Crippen molar-refractivity contribution in [3.8, 4) is 0 Å². The molecule has 1 aliphatic heterocycles. The van der Waals surface area contributed by atoms with Crippen LogP contribution in [0, 0.1) is 5.92 Å². The van der Waals surface area contributed by atoms with Gasteiger partial charge < -0.3 is 5.11 Å². The molecule has 2 unspecified atom stereocenters. The number of hydrogen-bond donors (Lipinski definition) is 1. The van der Waals surface area contributed by atoms with E-state index in [4.69, 9.17) is 0 Å². The zero-order valence-corrected chi connectivity index (χ0v) is 13.0. The molecular formula is C17H19NO3S. The van der Waals surface area contributed by atoms with Gasteiger partial charge in [-0.2, -0.15) is 4.31 Å². The minimum absolute atomic E-state index is 0.0686. The summed E-state index contributed by atoms with van der Waals surface area (Å²) in [4.78, 5) is 0.280. The summed E-state index contributed by atoms with van der Waals surface area (Å²) in [5, 5.41) is 10.2. The third kappa shape index (κ3) is 3.06. The van der Waals surface area contributed by atoms with Gasteiger partial charge in [0.15, 0.2) is 0 Å². The lowest BCUT2D eigenvalue weighted by Gasteiger charge is -2.16. The van der Waals surface area contributed by atoms with E-state index in [0.717, 1.165) is 5.56 Å². The maximum absolute atomic E-state index is 12.6. The molecule has 2 aromatic carbocycles. The predicted molar refractivity (Wildman–Crippen MR) is 84.8 cm³/mol. The minimum Gasteiger partial charge on any atom is -0.391 e. The Kier molecular flexibility index (Phi) is 4.29. The van der Waals surface area contributed by atoms with Crippen molar-refractivity contribution in [1.29, 1.82) is 0 Å². The van der Waals surface area contributed by atoms with Crippen molar-refractivity contribution >= 4 is 10.0 Å². The Morgan fingerprint density at radius 1 is 0.955 bits per heavy atom. The van der Waals surface area contributed by atoms with Crippen LogP contribution < -0.4 is 0 Å². The Morgan fingerprint density at radius 2 is 1.55 bits per heavy atom. The van der Waals surface area contributed by atoms with E-state index in [2.05, 4.69) is 0 Å². The maximum atomic E-state index is 12.6. The summed E-state index contributed by atoms with van der Waals surface area (Å²) in [6.45, 7) is 0.516. The van der Waals surface area contributed by atoms with Crippen molar-refractivity contribution in [1.82, 2.24) is 4.31 Å². The monoisotopic (exact) mass is 317 g/mol. The first-order valence-electron chi connectivity index (χ1n) is 7.34. The number of aliphatic hydroxyl groups is 1. The van der Waals surface area contributed by atoms with Crippen LogP contribution in [0.25, 0.3) is 0 Å². The molecule has 4 nitrogen and oxygen atoms in total. The van der Waals surface area contributed by atoms with Crippen LogP contribution in [-0.4, -0.2) is 37.0 Å². The lowest BCUT2D eigenvalue weighted by Crippen LogP contribution is -2.29. The van der Waals surface area contributed by atoms with Crippen LogP contribution >= 0.6 is 0 Å². The van der Waals surface area contributed by atoms with Crippen LogP contribution in [0.4, 0.5) is 0 Å². The molecule has 1 heterocycles. The average molecular weight is 317 g/mol.